The molecule has 48 heavy (non-hydrogen) atoms. The van der Waals surface area contributed by atoms with E-state index in [2.05, 4.69) is 15.6 Å². The molecule has 2 unspecified atom stereocenters. The Bertz CT molecular complexity index is 1470. The number of nitrogens with one attached hydrogen (secondary N) is 1. The summed E-state index contributed by atoms with van der Waals surface area (Å²) in [6.45, 7) is 16.0. The van der Waals surface area contributed by atoms with Crippen LogP contribution in [0, 0.1) is 23.7 Å². The van der Waals surface area contributed by atoms with Crippen LogP contribution in [0.5, 0.6) is 5.75 Å². The van der Waals surface area contributed by atoms with Crippen molar-refractivity contribution in [3.63, 3.8) is 0 Å². The molecule has 3 N–H and O–H groups in total. The van der Waals surface area contributed by atoms with Crippen molar-refractivity contribution >= 4 is 17.6 Å². The van der Waals surface area contributed by atoms with Crippen molar-refractivity contribution in [2.75, 3.05) is 13.2 Å². The van der Waals surface area contributed by atoms with Crippen LogP contribution in [0.25, 0.3) is 5.69 Å². The average Bonchev–Trinajstić information content (AvgIpc) is 3.59. The van der Waals surface area contributed by atoms with Gasteiger partial charge < -0.3 is 34.6 Å². The highest BCUT2D eigenvalue weighted by Crippen LogP contribution is 2.41. The average molecular weight is 669 g/mol. The van der Waals surface area contributed by atoms with E-state index in [1.165, 1.54) is 6.92 Å². The maximum Gasteiger partial charge on any atom is 0.311 e. The van der Waals surface area contributed by atoms with Crippen LogP contribution < -0.4 is 10.2 Å². The molecule has 1 aromatic heterocycles. The molecule has 2 aromatic rings. The van der Waals surface area contributed by atoms with Gasteiger partial charge in [-0.1, -0.05) is 32.9 Å². The minimum Gasteiger partial charge on any atom is -0.459 e. The molecule has 12 heteroatoms. The summed E-state index contributed by atoms with van der Waals surface area (Å²) in [5.41, 5.74) is -0.187. The number of oxime groups is 1. The monoisotopic (exact) mass is 668 g/mol. The molecule has 1 amide bonds. The number of hydrogen-bond donors (Lipinski definition) is 3. The number of rotatable bonds is 5. The van der Waals surface area contributed by atoms with E-state index >= 15 is 0 Å². The zero-order chi connectivity index (χ0) is 35.4. The first-order chi connectivity index (χ1) is 22.6. The second-order valence-corrected chi connectivity index (χ2v) is 13.9. The molecule has 0 fully saturated rings. The molecule has 264 valence electrons. The van der Waals surface area contributed by atoms with Crippen LogP contribution in [-0.4, -0.2) is 80.3 Å². The first kappa shape index (κ1) is 37.2. The minimum absolute atomic E-state index is 0.0211. The maximum atomic E-state index is 13.4. The number of aromatic nitrogens is 2. The highest BCUT2D eigenvalue weighted by atomic mass is 16.6. The predicted molar refractivity (Wildman–Crippen MR) is 180 cm³/mol. The maximum absolute atomic E-state index is 13.4. The minimum atomic E-state index is -1.75. The lowest BCUT2D eigenvalue weighted by Crippen LogP contribution is -2.55. The number of fused-ring (bicyclic) bond motifs is 4. The molecule has 3 heterocycles. The highest BCUT2D eigenvalue weighted by molar-refractivity contribution is 5.86. The molecule has 4 rings (SSSR count). The largest absolute Gasteiger partial charge is 0.459 e. The van der Waals surface area contributed by atoms with Crippen molar-refractivity contribution in [3.05, 3.63) is 54.0 Å². The predicted octanol–water partition coefficient (Wildman–Crippen LogP) is 4.57. The molecule has 0 spiro atoms. The number of benzene rings is 1. The van der Waals surface area contributed by atoms with E-state index < -0.39 is 47.3 Å². The Kier molecular flexibility index (Phi) is 11.9. The number of carbonyl (C=O) groups excluding carboxylic acids is 2. The van der Waals surface area contributed by atoms with E-state index in [-0.39, 0.29) is 37.4 Å². The first-order valence-electron chi connectivity index (χ1n) is 16.8. The SMILES string of the molecule is CC[C@H]1OC(=O)C(C)[C@@H](O)[C@H](C)[C@@H](C)[C@@]2(C)C[C@@H](C)/C(NC(C)=O)=C(/C)C(OCC(=NOc3ccc(-n4cccn4)cc3)CO2)[C@]1(C)O. The van der Waals surface area contributed by atoms with Gasteiger partial charge in [0.1, 0.15) is 23.5 Å². The van der Waals surface area contributed by atoms with Crippen molar-refractivity contribution in [2.24, 2.45) is 28.8 Å². The van der Waals surface area contributed by atoms with Gasteiger partial charge in [-0.3, -0.25) is 9.59 Å². The summed E-state index contributed by atoms with van der Waals surface area (Å²) in [6.07, 6.45) is 1.16. The number of allylic oxidation sites excluding steroid dienone is 1. The van der Waals surface area contributed by atoms with Crippen molar-refractivity contribution in [2.45, 2.75) is 105 Å². The molecule has 0 saturated carbocycles. The van der Waals surface area contributed by atoms with Gasteiger partial charge in [0.05, 0.1) is 36.5 Å². The fraction of sp³-hybridized carbons (Fsp3) is 0.611. The fourth-order valence-electron chi connectivity index (χ4n) is 6.96. The van der Waals surface area contributed by atoms with Crippen LogP contribution in [0.4, 0.5) is 0 Å². The number of amides is 1. The van der Waals surface area contributed by atoms with E-state index in [1.54, 1.807) is 43.8 Å². The van der Waals surface area contributed by atoms with E-state index in [9.17, 15) is 19.8 Å². The molecule has 9 atom stereocenters. The summed E-state index contributed by atoms with van der Waals surface area (Å²) in [6, 6.07) is 9.12. The second kappa shape index (κ2) is 15.3. The van der Waals surface area contributed by atoms with Crippen LogP contribution >= 0.6 is 0 Å². The number of hydrogen-bond acceptors (Lipinski definition) is 10. The molecule has 2 aliphatic heterocycles. The lowest BCUT2D eigenvalue weighted by Gasteiger charge is -2.44. The normalized spacial score (nSPS) is 36.4. The Morgan fingerprint density at radius 2 is 1.85 bits per heavy atom. The van der Waals surface area contributed by atoms with Gasteiger partial charge in [0.25, 0.3) is 0 Å². The van der Waals surface area contributed by atoms with Gasteiger partial charge in [0, 0.05) is 25.0 Å². The quantitative estimate of drug-likeness (QED) is 0.307. The number of aliphatic hydroxyl groups excluding tert-OH is 1. The third-order valence-corrected chi connectivity index (χ3v) is 10.2. The topological polar surface area (TPSA) is 154 Å². The number of cyclic esters (lactones) is 1. The van der Waals surface area contributed by atoms with Crippen LogP contribution in [0.2, 0.25) is 0 Å². The molecule has 0 radical (unpaired) electrons. The summed E-state index contributed by atoms with van der Waals surface area (Å²) in [5.74, 6) is -2.20. The van der Waals surface area contributed by atoms with Gasteiger partial charge in [-0.25, -0.2) is 4.68 Å². The molecule has 0 aliphatic carbocycles. The molecular formula is C36H52N4O8. The second-order valence-electron chi connectivity index (χ2n) is 13.9. The van der Waals surface area contributed by atoms with Crippen molar-refractivity contribution in [1.82, 2.24) is 15.1 Å². The van der Waals surface area contributed by atoms with Crippen molar-refractivity contribution in [1.29, 1.82) is 0 Å². The lowest BCUT2D eigenvalue weighted by molar-refractivity contribution is -0.187. The zero-order valence-corrected chi connectivity index (χ0v) is 29.6. The van der Waals surface area contributed by atoms with E-state index in [1.807, 2.05) is 59.0 Å². The van der Waals surface area contributed by atoms with Gasteiger partial charge in [0.2, 0.25) is 5.91 Å². The molecule has 2 aliphatic rings. The number of nitrogens with zero attached hydrogens (tertiary/aromatic N) is 3. The Hall–Kier alpha value is -3.58. The Balaban J connectivity index is 1.84. The first-order valence-corrected chi connectivity index (χ1v) is 16.8. The highest BCUT2D eigenvalue weighted by Gasteiger charge is 2.48. The van der Waals surface area contributed by atoms with Gasteiger partial charge in [-0.2, -0.15) is 5.10 Å². The molecule has 1 aromatic carbocycles. The van der Waals surface area contributed by atoms with Gasteiger partial charge in [-0.15, -0.1) is 0 Å². The summed E-state index contributed by atoms with van der Waals surface area (Å²) in [7, 11) is 0. The van der Waals surface area contributed by atoms with Crippen LogP contribution in [0.1, 0.15) is 75.2 Å². The summed E-state index contributed by atoms with van der Waals surface area (Å²) in [4.78, 5) is 31.8. The van der Waals surface area contributed by atoms with Crippen LogP contribution in [-0.2, 0) is 23.8 Å². The smallest absolute Gasteiger partial charge is 0.311 e. The van der Waals surface area contributed by atoms with Gasteiger partial charge in [0.15, 0.2) is 5.75 Å². The number of aliphatic hydroxyl groups is 2. The van der Waals surface area contributed by atoms with E-state index in [0.717, 1.165) is 5.69 Å². The van der Waals surface area contributed by atoms with Crippen LogP contribution in [0.3, 0.4) is 0 Å². The zero-order valence-electron chi connectivity index (χ0n) is 29.6. The Morgan fingerprint density at radius 3 is 2.46 bits per heavy atom. The van der Waals surface area contributed by atoms with Gasteiger partial charge in [-0.05, 0) is 94.2 Å². The standard InChI is InChI=1S/C36H52N4O8/c1-10-30-36(9,44)33-23(4)31(38-26(7)41)21(2)18-35(8,25(6)22(3)32(42)24(5)34(43)47-30)46-20-27(19-45-33)39-48-29-14-12-28(13-15-29)40-17-11-16-37-40/h11-17,21-22,24-25,30,32-33,42,44H,10,18-20H2,1-9H3,(H,38,41)/b31-23+,39-27?/t21-,22-,24?,25-,30-,32+,33?,35-,36-/m1/s1. The number of carbonyl (C=O) groups is 2. The third kappa shape index (κ3) is 8.16. The Labute approximate surface area is 283 Å². The van der Waals surface area contributed by atoms with E-state index in [0.29, 0.717) is 29.2 Å². The summed E-state index contributed by atoms with van der Waals surface area (Å²) >= 11 is 0. The number of ether oxygens (including phenoxy) is 3. The molecule has 0 saturated heterocycles. The van der Waals surface area contributed by atoms with Crippen LogP contribution in [0.15, 0.2) is 59.2 Å². The molecular weight excluding hydrogens is 616 g/mol. The molecule has 12 nitrogen and oxygen atoms in total. The third-order valence-electron chi connectivity index (χ3n) is 10.2. The van der Waals surface area contributed by atoms with Crippen molar-refractivity contribution in [3.8, 4) is 11.4 Å². The summed E-state index contributed by atoms with van der Waals surface area (Å²) in [5, 5.41) is 35.4. The van der Waals surface area contributed by atoms with Crippen molar-refractivity contribution < 1.29 is 38.9 Å². The molecule has 2 bridgehead atoms. The summed E-state index contributed by atoms with van der Waals surface area (Å²) < 4.78 is 20.9. The fourth-order valence-corrected chi connectivity index (χ4v) is 6.96. The van der Waals surface area contributed by atoms with Gasteiger partial charge >= 0.3 is 5.97 Å². The lowest BCUT2D eigenvalue weighted by atomic mass is 9.71. The number of esters is 1. The van der Waals surface area contributed by atoms with E-state index in [4.69, 9.17) is 19.0 Å². The Morgan fingerprint density at radius 1 is 1.17 bits per heavy atom.